The Kier molecular flexibility index (Phi) is 9.83. The van der Waals surface area contributed by atoms with E-state index in [-0.39, 0.29) is 11.9 Å². The van der Waals surface area contributed by atoms with Gasteiger partial charge in [-0.05, 0) is 47.0 Å². The SMILES string of the molecule is CCOCCOCCCCC(C)(NC(C)C)C(N)=O. The fourth-order valence-electron chi connectivity index (χ4n) is 1.95. The van der Waals surface area contributed by atoms with Gasteiger partial charge in [0.2, 0.25) is 5.91 Å². The van der Waals surface area contributed by atoms with Gasteiger partial charge < -0.3 is 20.5 Å². The minimum Gasteiger partial charge on any atom is -0.379 e. The van der Waals surface area contributed by atoms with Crippen LogP contribution in [0, 0.1) is 0 Å². The summed E-state index contributed by atoms with van der Waals surface area (Å²) < 4.78 is 10.6. The van der Waals surface area contributed by atoms with Crippen LogP contribution in [0.15, 0.2) is 0 Å². The molecule has 0 fully saturated rings. The van der Waals surface area contributed by atoms with Crippen molar-refractivity contribution in [1.29, 1.82) is 0 Å². The highest BCUT2D eigenvalue weighted by atomic mass is 16.5. The quantitative estimate of drug-likeness (QED) is 0.528. The van der Waals surface area contributed by atoms with Crippen molar-refractivity contribution in [3.05, 3.63) is 0 Å². The molecule has 1 unspecified atom stereocenters. The van der Waals surface area contributed by atoms with E-state index < -0.39 is 5.54 Å². The third kappa shape index (κ3) is 8.97. The number of nitrogens with two attached hydrogens (primary N) is 1. The van der Waals surface area contributed by atoms with Gasteiger partial charge in [-0.3, -0.25) is 4.79 Å². The van der Waals surface area contributed by atoms with Crippen LogP contribution in [0.2, 0.25) is 0 Å². The molecule has 0 saturated heterocycles. The van der Waals surface area contributed by atoms with Crippen molar-refractivity contribution >= 4 is 5.91 Å². The van der Waals surface area contributed by atoms with Gasteiger partial charge in [0.25, 0.3) is 0 Å². The molecular weight excluding hydrogens is 244 g/mol. The largest absolute Gasteiger partial charge is 0.379 e. The third-order valence-electron chi connectivity index (χ3n) is 2.94. The number of nitrogens with one attached hydrogen (secondary N) is 1. The summed E-state index contributed by atoms with van der Waals surface area (Å²) in [7, 11) is 0. The molecule has 0 aromatic carbocycles. The average Bonchev–Trinajstić information content (AvgIpc) is 2.31. The summed E-state index contributed by atoms with van der Waals surface area (Å²) in [5.41, 5.74) is 4.84. The molecule has 0 radical (unpaired) electrons. The van der Waals surface area contributed by atoms with Gasteiger partial charge in [0.05, 0.1) is 18.8 Å². The zero-order valence-corrected chi connectivity index (χ0v) is 12.8. The van der Waals surface area contributed by atoms with Crippen LogP contribution in [0.1, 0.15) is 47.0 Å². The van der Waals surface area contributed by atoms with Gasteiger partial charge in [-0.25, -0.2) is 0 Å². The maximum Gasteiger partial charge on any atom is 0.237 e. The van der Waals surface area contributed by atoms with Crippen molar-refractivity contribution < 1.29 is 14.3 Å². The fraction of sp³-hybridized carbons (Fsp3) is 0.929. The molecule has 0 aromatic rings. The zero-order valence-electron chi connectivity index (χ0n) is 12.8. The lowest BCUT2D eigenvalue weighted by Crippen LogP contribution is -2.55. The first-order chi connectivity index (χ1) is 8.92. The lowest BCUT2D eigenvalue weighted by molar-refractivity contribution is -0.124. The number of hydrogen-bond acceptors (Lipinski definition) is 4. The van der Waals surface area contributed by atoms with E-state index in [1.165, 1.54) is 0 Å². The Morgan fingerprint density at radius 2 is 1.84 bits per heavy atom. The van der Waals surface area contributed by atoms with Gasteiger partial charge in [-0.1, -0.05) is 0 Å². The van der Waals surface area contributed by atoms with Crippen molar-refractivity contribution in [2.45, 2.75) is 58.5 Å². The number of primary amides is 1. The predicted molar refractivity (Wildman–Crippen MR) is 77.0 cm³/mol. The summed E-state index contributed by atoms with van der Waals surface area (Å²) in [6.07, 6.45) is 2.57. The van der Waals surface area contributed by atoms with Crippen LogP contribution in [-0.4, -0.2) is 43.9 Å². The molecule has 5 nitrogen and oxygen atoms in total. The van der Waals surface area contributed by atoms with Gasteiger partial charge in [0.15, 0.2) is 0 Å². The highest BCUT2D eigenvalue weighted by Crippen LogP contribution is 2.14. The Labute approximate surface area is 117 Å². The van der Waals surface area contributed by atoms with Crippen molar-refractivity contribution in [3.8, 4) is 0 Å². The summed E-state index contributed by atoms with van der Waals surface area (Å²) in [5, 5.41) is 3.24. The van der Waals surface area contributed by atoms with E-state index in [0.717, 1.165) is 25.9 Å². The van der Waals surface area contributed by atoms with E-state index in [0.29, 0.717) is 19.8 Å². The summed E-state index contributed by atoms with van der Waals surface area (Å²) in [4.78, 5) is 11.5. The van der Waals surface area contributed by atoms with Gasteiger partial charge >= 0.3 is 0 Å². The van der Waals surface area contributed by atoms with E-state index in [2.05, 4.69) is 5.32 Å². The molecule has 114 valence electrons. The van der Waals surface area contributed by atoms with E-state index in [1.807, 2.05) is 27.7 Å². The summed E-state index contributed by atoms with van der Waals surface area (Å²) in [6, 6.07) is 0.236. The van der Waals surface area contributed by atoms with Crippen LogP contribution < -0.4 is 11.1 Å². The Hall–Kier alpha value is -0.650. The van der Waals surface area contributed by atoms with Gasteiger partial charge in [0, 0.05) is 19.3 Å². The molecule has 19 heavy (non-hydrogen) atoms. The molecule has 1 atom stereocenters. The summed E-state index contributed by atoms with van der Waals surface area (Å²) >= 11 is 0. The molecule has 0 aliphatic carbocycles. The molecule has 3 N–H and O–H groups in total. The third-order valence-corrected chi connectivity index (χ3v) is 2.94. The molecule has 0 aliphatic rings. The van der Waals surface area contributed by atoms with Crippen LogP contribution in [0.5, 0.6) is 0 Å². The Balaban J connectivity index is 3.74. The van der Waals surface area contributed by atoms with Crippen LogP contribution in [0.25, 0.3) is 0 Å². The summed E-state index contributed by atoms with van der Waals surface area (Å²) in [6.45, 7) is 10.5. The topological polar surface area (TPSA) is 73.6 Å². The molecular formula is C14H30N2O3. The first-order valence-corrected chi connectivity index (χ1v) is 7.15. The van der Waals surface area contributed by atoms with Crippen molar-refractivity contribution in [1.82, 2.24) is 5.32 Å². The molecule has 0 bridgehead atoms. The Morgan fingerprint density at radius 3 is 2.37 bits per heavy atom. The maximum absolute atomic E-state index is 11.5. The Bertz CT molecular complexity index is 247. The molecule has 0 rings (SSSR count). The number of unbranched alkanes of at least 4 members (excludes halogenated alkanes) is 1. The molecule has 0 aromatic heterocycles. The van der Waals surface area contributed by atoms with Crippen LogP contribution in [0.3, 0.4) is 0 Å². The van der Waals surface area contributed by atoms with Crippen molar-refractivity contribution in [2.75, 3.05) is 26.4 Å². The summed E-state index contributed by atoms with van der Waals surface area (Å²) in [5.74, 6) is -0.293. The highest BCUT2D eigenvalue weighted by Gasteiger charge is 2.30. The first-order valence-electron chi connectivity index (χ1n) is 7.15. The van der Waals surface area contributed by atoms with Crippen molar-refractivity contribution in [3.63, 3.8) is 0 Å². The van der Waals surface area contributed by atoms with Crippen LogP contribution >= 0.6 is 0 Å². The van der Waals surface area contributed by atoms with E-state index in [9.17, 15) is 4.79 Å². The van der Waals surface area contributed by atoms with Crippen LogP contribution in [0.4, 0.5) is 0 Å². The molecule has 0 aliphatic heterocycles. The van der Waals surface area contributed by atoms with E-state index >= 15 is 0 Å². The number of carbonyl (C=O) groups is 1. The minimum absolute atomic E-state index is 0.236. The second-order valence-electron chi connectivity index (χ2n) is 5.26. The fourth-order valence-corrected chi connectivity index (χ4v) is 1.95. The van der Waals surface area contributed by atoms with Gasteiger partial charge in [-0.2, -0.15) is 0 Å². The number of rotatable bonds is 12. The number of carbonyl (C=O) groups excluding carboxylic acids is 1. The smallest absolute Gasteiger partial charge is 0.237 e. The predicted octanol–water partition coefficient (Wildman–Crippen LogP) is 1.45. The maximum atomic E-state index is 11.5. The molecule has 1 amide bonds. The molecule has 0 heterocycles. The number of amides is 1. The average molecular weight is 274 g/mol. The lowest BCUT2D eigenvalue weighted by atomic mass is 9.93. The normalized spacial score (nSPS) is 14.6. The van der Waals surface area contributed by atoms with E-state index in [1.54, 1.807) is 0 Å². The number of hydrogen-bond donors (Lipinski definition) is 2. The second-order valence-corrected chi connectivity index (χ2v) is 5.26. The molecule has 0 spiro atoms. The second kappa shape index (κ2) is 10.2. The van der Waals surface area contributed by atoms with Gasteiger partial charge in [-0.15, -0.1) is 0 Å². The lowest BCUT2D eigenvalue weighted by Gasteiger charge is -2.29. The zero-order chi connectivity index (χ0) is 14.7. The molecule has 0 saturated carbocycles. The Morgan fingerprint density at radius 1 is 1.21 bits per heavy atom. The van der Waals surface area contributed by atoms with Crippen LogP contribution in [-0.2, 0) is 14.3 Å². The van der Waals surface area contributed by atoms with Gasteiger partial charge in [0.1, 0.15) is 0 Å². The monoisotopic (exact) mass is 274 g/mol. The number of ether oxygens (including phenoxy) is 2. The highest BCUT2D eigenvalue weighted by molar-refractivity contribution is 5.84. The molecule has 5 heteroatoms. The first kappa shape index (κ1) is 18.4. The minimum atomic E-state index is -0.626. The van der Waals surface area contributed by atoms with Crippen molar-refractivity contribution in [2.24, 2.45) is 5.73 Å². The standard InChI is InChI=1S/C14H30N2O3/c1-5-18-10-11-19-9-7-6-8-14(4,13(15)17)16-12(2)3/h12,16H,5-11H2,1-4H3,(H2,15,17). The van der Waals surface area contributed by atoms with E-state index in [4.69, 9.17) is 15.2 Å².